The van der Waals surface area contributed by atoms with Crippen LogP contribution in [-0.4, -0.2) is 62.5 Å². The highest BCUT2D eigenvalue weighted by atomic mass is 19.4. The van der Waals surface area contributed by atoms with E-state index in [0.717, 1.165) is 43.2 Å². The third kappa shape index (κ3) is 5.32. The van der Waals surface area contributed by atoms with Crippen LogP contribution in [0.1, 0.15) is 6.92 Å². The van der Waals surface area contributed by atoms with Crippen LogP contribution in [0, 0.1) is 11.8 Å². The topological polar surface area (TPSA) is 105 Å². The van der Waals surface area contributed by atoms with Crippen LogP contribution in [-0.2, 0) is 11.3 Å². The van der Waals surface area contributed by atoms with Gasteiger partial charge in [-0.2, -0.15) is 13.2 Å². The Morgan fingerprint density at radius 1 is 1.18 bits per heavy atom. The third-order valence-electron chi connectivity index (χ3n) is 4.77. The number of hydrogen-bond acceptors (Lipinski definition) is 6. The molecule has 0 spiro atoms. The van der Waals surface area contributed by atoms with Gasteiger partial charge in [-0.25, -0.2) is 24.1 Å². The highest BCUT2D eigenvalue weighted by Crippen LogP contribution is 2.24. The SMILES string of the molecule is CC#CCn1c(=O)n(-c2ccccc2)c2ncnc(N3CCNCC3)c21.O=C(O)C(F)(F)F. The summed E-state index contributed by atoms with van der Waals surface area (Å²) in [6.45, 7) is 5.56. The van der Waals surface area contributed by atoms with Gasteiger partial charge in [-0.05, 0) is 19.1 Å². The van der Waals surface area contributed by atoms with Crippen LogP contribution in [0.3, 0.4) is 0 Å². The molecule has 2 N–H and O–H groups in total. The molecule has 1 fully saturated rings. The molecule has 0 amide bonds. The molecule has 1 saturated heterocycles. The lowest BCUT2D eigenvalue weighted by molar-refractivity contribution is -0.192. The van der Waals surface area contributed by atoms with Crippen molar-refractivity contribution in [2.45, 2.75) is 19.6 Å². The Hall–Kier alpha value is -3.85. The number of piperazine rings is 1. The molecule has 2 aromatic heterocycles. The van der Waals surface area contributed by atoms with Gasteiger partial charge in [0.2, 0.25) is 0 Å². The van der Waals surface area contributed by atoms with Gasteiger partial charge in [0.15, 0.2) is 11.5 Å². The predicted molar refractivity (Wildman–Crippen MR) is 115 cm³/mol. The highest BCUT2D eigenvalue weighted by Gasteiger charge is 2.38. The van der Waals surface area contributed by atoms with Gasteiger partial charge in [0.25, 0.3) is 0 Å². The average Bonchev–Trinajstić information content (AvgIpc) is 3.09. The standard InChI is InChI=1S/C19H20N6O.C2HF3O2/c1-2-3-11-24-16-17(23-12-9-20-10-13-23)21-14-22-18(16)25(19(24)26)15-7-5-4-6-8-15;3-2(4,5)1(6)7/h4-8,14,20H,9-13H2,1H3;(H,6,7). The van der Waals surface area contributed by atoms with Crippen LogP contribution in [0.2, 0.25) is 0 Å². The van der Waals surface area contributed by atoms with Crippen molar-refractivity contribution in [3.8, 4) is 17.5 Å². The number of rotatable bonds is 3. The molecule has 1 aliphatic rings. The summed E-state index contributed by atoms with van der Waals surface area (Å²) in [6.07, 6.45) is -3.55. The number of alkyl halides is 3. The summed E-state index contributed by atoms with van der Waals surface area (Å²) >= 11 is 0. The van der Waals surface area contributed by atoms with Gasteiger partial charge in [-0.1, -0.05) is 24.1 Å². The van der Waals surface area contributed by atoms with Crippen molar-refractivity contribution in [1.29, 1.82) is 0 Å². The molecule has 0 saturated carbocycles. The number of nitrogens with one attached hydrogen (secondary N) is 1. The van der Waals surface area contributed by atoms with Gasteiger partial charge in [-0.3, -0.25) is 4.57 Å². The molecule has 1 aliphatic heterocycles. The first-order valence-electron chi connectivity index (χ1n) is 9.92. The molecule has 0 unspecified atom stereocenters. The minimum absolute atomic E-state index is 0.147. The van der Waals surface area contributed by atoms with Crippen molar-refractivity contribution in [2.24, 2.45) is 0 Å². The molecule has 3 heterocycles. The molecular formula is C21H21F3N6O3. The van der Waals surface area contributed by atoms with Crippen LogP contribution < -0.4 is 15.9 Å². The summed E-state index contributed by atoms with van der Waals surface area (Å²) in [5.41, 5.74) is 2.00. The van der Waals surface area contributed by atoms with Gasteiger partial charge < -0.3 is 15.3 Å². The lowest BCUT2D eigenvalue weighted by Gasteiger charge is -2.28. The zero-order valence-corrected chi connectivity index (χ0v) is 17.6. The number of imidazole rings is 1. The Morgan fingerprint density at radius 3 is 2.39 bits per heavy atom. The van der Waals surface area contributed by atoms with Gasteiger partial charge in [0.05, 0.1) is 12.2 Å². The third-order valence-corrected chi connectivity index (χ3v) is 4.77. The van der Waals surface area contributed by atoms with Gasteiger partial charge in [-0.15, -0.1) is 5.92 Å². The lowest BCUT2D eigenvalue weighted by atomic mass is 10.3. The Bertz CT molecular complexity index is 1240. The number of carboxylic acids is 1. The van der Waals surface area contributed by atoms with E-state index in [1.165, 1.54) is 6.33 Å². The van der Waals surface area contributed by atoms with E-state index in [9.17, 15) is 18.0 Å². The number of halogens is 3. The minimum Gasteiger partial charge on any atom is -0.475 e. The van der Waals surface area contributed by atoms with E-state index in [0.29, 0.717) is 12.2 Å². The molecule has 0 atom stereocenters. The van der Waals surface area contributed by atoms with Crippen LogP contribution in [0.25, 0.3) is 16.9 Å². The number of anilines is 1. The molecule has 174 valence electrons. The molecule has 0 bridgehead atoms. The van der Waals surface area contributed by atoms with Crippen molar-refractivity contribution in [3.63, 3.8) is 0 Å². The predicted octanol–water partition coefficient (Wildman–Crippen LogP) is 1.65. The summed E-state index contributed by atoms with van der Waals surface area (Å²) in [5.74, 6) is 3.91. The van der Waals surface area contributed by atoms with E-state index in [1.54, 1.807) is 16.1 Å². The fraction of sp³-hybridized carbons (Fsp3) is 0.333. The number of carboxylic acid groups (broad SMARTS) is 1. The maximum absolute atomic E-state index is 13.2. The van der Waals surface area contributed by atoms with E-state index < -0.39 is 12.1 Å². The van der Waals surface area contributed by atoms with Crippen molar-refractivity contribution >= 4 is 23.0 Å². The molecule has 33 heavy (non-hydrogen) atoms. The quantitative estimate of drug-likeness (QED) is 0.571. The molecule has 0 aliphatic carbocycles. The van der Waals surface area contributed by atoms with Crippen molar-refractivity contribution in [3.05, 3.63) is 47.1 Å². The lowest BCUT2D eigenvalue weighted by Crippen LogP contribution is -2.44. The Morgan fingerprint density at radius 2 is 1.82 bits per heavy atom. The zero-order chi connectivity index (χ0) is 24.0. The zero-order valence-electron chi connectivity index (χ0n) is 17.6. The molecule has 12 heteroatoms. The largest absolute Gasteiger partial charge is 0.490 e. The van der Waals surface area contributed by atoms with E-state index in [-0.39, 0.29) is 5.69 Å². The van der Waals surface area contributed by atoms with Gasteiger partial charge >= 0.3 is 17.8 Å². The second-order valence-electron chi connectivity index (χ2n) is 6.88. The smallest absolute Gasteiger partial charge is 0.475 e. The molecule has 1 aromatic carbocycles. The van der Waals surface area contributed by atoms with Crippen LogP contribution in [0.5, 0.6) is 0 Å². The summed E-state index contributed by atoms with van der Waals surface area (Å²) in [6, 6.07) is 9.56. The maximum Gasteiger partial charge on any atom is 0.490 e. The normalized spacial score (nSPS) is 13.6. The second kappa shape index (κ2) is 10.2. The second-order valence-corrected chi connectivity index (χ2v) is 6.88. The highest BCUT2D eigenvalue weighted by molar-refractivity contribution is 5.85. The summed E-state index contributed by atoms with van der Waals surface area (Å²) in [7, 11) is 0. The Balaban J connectivity index is 0.000000383. The van der Waals surface area contributed by atoms with Crippen LogP contribution in [0.4, 0.5) is 19.0 Å². The molecule has 0 radical (unpaired) electrons. The summed E-state index contributed by atoms with van der Waals surface area (Å²) < 4.78 is 35.1. The first-order chi connectivity index (χ1) is 15.8. The van der Waals surface area contributed by atoms with E-state index >= 15 is 0 Å². The first-order valence-corrected chi connectivity index (χ1v) is 9.92. The van der Waals surface area contributed by atoms with Crippen LogP contribution in [0.15, 0.2) is 41.5 Å². The number of fused-ring (bicyclic) bond motifs is 1. The molecule has 3 aromatic rings. The monoisotopic (exact) mass is 462 g/mol. The number of nitrogens with zero attached hydrogens (tertiary/aromatic N) is 5. The number of aliphatic carboxylic acids is 1. The molecule has 9 nitrogen and oxygen atoms in total. The summed E-state index contributed by atoms with van der Waals surface area (Å²) in [5, 5.41) is 10.5. The van der Waals surface area contributed by atoms with Gasteiger partial charge in [0, 0.05) is 26.2 Å². The van der Waals surface area contributed by atoms with Gasteiger partial charge in [0.1, 0.15) is 11.8 Å². The average molecular weight is 462 g/mol. The Labute approximate surface area is 186 Å². The number of para-hydroxylation sites is 1. The molecular weight excluding hydrogens is 441 g/mol. The van der Waals surface area contributed by atoms with Crippen LogP contribution >= 0.6 is 0 Å². The van der Waals surface area contributed by atoms with Crippen molar-refractivity contribution in [2.75, 3.05) is 31.1 Å². The number of aromatic nitrogens is 4. The summed E-state index contributed by atoms with van der Waals surface area (Å²) in [4.78, 5) is 33.2. The van der Waals surface area contributed by atoms with Crippen molar-refractivity contribution < 1.29 is 23.1 Å². The van der Waals surface area contributed by atoms with E-state index in [4.69, 9.17) is 9.90 Å². The number of benzene rings is 1. The molecule has 4 rings (SSSR count). The fourth-order valence-corrected chi connectivity index (χ4v) is 3.30. The number of carbonyl (C=O) groups is 1. The van der Waals surface area contributed by atoms with E-state index in [2.05, 4.69) is 32.0 Å². The van der Waals surface area contributed by atoms with E-state index in [1.807, 2.05) is 30.3 Å². The minimum atomic E-state index is -5.08. The number of hydrogen-bond donors (Lipinski definition) is 2. The van der Waals surface area contributed by atoms with Crippen molar-refractivity contribution in [1.82, 2.24) is 24.4 Å². The first kappa shape index (κ1) is 23.8. The fourth-order valence-electron chi connectivity index (χ4n) is 3.30. The maximum atomic E-state index is 13.2. The Kier molecular flexibility index (Phi) is 7.34.